The van der Waals surface area contributed by atoms with Crippen LogP contribution in [0.3, 0.4) is 0 Å². The molecule has 1 aliphatic rings. The molecule has 2 aromatic rings. The monoisotopic (exact) mass is 355 g/mol. The Balaban J connectivity index is 2.21. The lowest BCUT2D eigenvalue weighted by atomic mass is 9.85. The Labute approximate surface area is 146 Å². The van der Waals surface area contributed by atoms with Crippen LogP contribution in [0.15, 0.2) is 70.0 Å². The zero-order valence-electron chi connectivity index (χ0n) is 13.8. The van der Waals surface area contributed by atoms with Gasteiger partial charge in [-0.1, -0.05) is 48.5 Å². The van der Waals surface area contributed by atoms with Crippen molar-refractivity contribution in [1.29, 1.82) is 0 Å². The third-order valence-corrected chi connectivity index (χ3v) is 5.17. The Morgan fingerprint density at radius 2 is 1.68 bits per heavy atom. The molecule has 0 N–H and O–H groups in total. The van der Waals surface area contributed by atoms with Crippen LogP contribution >= 0.6 is 0 Å². The number of sulfonamides is 1. The molecule has 0 aromatic heterocycles. The van der Waals surface area contributed by atoms with Gasteiger partial charge in [0.05, 0.1) is 4.90 Å². The van der Waals surface area contributed by atoms with Gasteiger partial charge in [-0.2, -0.15) is 12.8 Å². The Bertz CT molecular complexity index is 977. The molecule has 0 fully saturated rings. The number of carbonyl (C=O) groups is 1. The van der Waals surface area contributed by atoms with E-state index < -0.39 is 21.6 Å². The van der Waals surface area contributed by atoms with Gasteiger partial charge in [0.1, 0.15) is 5.71 Å². The molecular weight excluding hydrogens is 338 g/mol. The Morgan fingerprint density at radius 1 is 1.04 bits per heavy atom. The summed E-state index contributed by atoms with van der Waals surface area (Å²) in [6.07, 6.45) is 3.45. The first-order valence-corrected chi connectivity index (χ1v) is 9.14. The maximum atomic E-state index is 12.7. The van der Waals surface area contributed by atoms with Crippen molar-refractivity contribution in [3.05, 3.63) is 71.8 Å². The largest absolute Gasteiger partial charge is 0.449 e. The highest BCUT2D eigenvalue weighted by Crippen LogP contribution is 2.31. The van der Waals surface area contributed by atoms with Gasteiger partial charge < -0.3 is 4.74 Å². The van der Waals surface area contributed by atoms with E-state index >= 15 is 0 Å². The van der Waals surface area contributed by atoms with Crippen molar-refractivity contribution in [3.8, 4) is 0 Å². The third kappa shape index (κ3) is 3.39. The molecular formula is C19H17NO4S. The summed E-state index contributed by atoms with van der Waals surface area (Å²) in [5.41, 5.74) is 0.356. The summed E-state index contributed by atoms with van der Waals surface area (Å²) < 4.78 is 34.9. The van der Waals surface area contributed by atoms with Crippen LogP contribution in [0.1, 0.15) is 25.0 Å². The highest BCUT2D eigenvalue weighted by Gasteiger charge is 2.37. The van der Waals surface area contributed by atoms with Crippen LogP contribution in [0, 0.1) is 0 Å². The van der Waals surface area contributed by atoms with E-state index in [1.807, 2.05) is 12.1 Å². The molecule has 1 aliphatic carbocycles. The smallest absolute Gasteiger partial charge is 0.303 e. The highest BCUT2D eigenvalue weighted by molar-refractivity contribution is 7.90. The molecule has 2 aromatic carbocycles. The molecule has 0 spiro atoms. The molecule has 0 radical (unpaired) electrons. The first-order valence-electron chi connectivity index (χ1n) is 7.70. The maximum absolute atomic E-state index is 12.7. The molecule has 128 valence electrons. The third-order valence-electron chi connectivity index (χ3n) is 3.88. The lowest BCUT2D eigenvalue weighted by Crippen LogP contribution is -2.41. The van der Waals surface area contributed by atoms with Gasteiger partial charge in [-0.3, -0.25) is 4.79 Å². The van der Waals surface area contributed by atoms with E-state index in [9.17, 15) is 13.2 Å². The number of carbonyl (C=O) groups excluding carboxylic acids is 1. The van der Waals surface area contributed by atoms with Crippen LogP contribution in [0.2, 0.25) is 0 Å². The molecule has 25 heavy (non-hydrogen) atoms. The van der Waals surface area contributed by atoms with Crippen molar-refractivity contribution in [2.24, 2.45) is 4.40 Å². The second-order valence-electron chi connectivity index (χ2n) is 5.85. The predicted molar refractivity (Wildman–Crippen MR) is 95.8 cm³/mol. The zero-order chi connectivity index (χ0) is 18.1. The van der Waals surface area contributed by atoms with Crippen LogP contribution in [0.25, 0.3) is 6.08 Å². The molecule has 1 unspecified atom stereocenters. The number of fused-ring (bicyclic) bond motifs is 1. The quantitative estimate of drug-likeness (QED) is 0.793. The van der Waals surface area contributed by atoms with Gasteiger partial charge in [-0.25, -0.2) is 0 Å². The normalized spacial score (nSPS) is 21.0. The molecule has 5 nitrogen and oxygen atoms in total. The summed E-state index contributed by atoms with van der Waals surface area (Å²) in [5.74, 6) is -0.517. The topological polar surface area (TPSA) is 72.8 Å². The summed E-state index contributed by atoms with van der Waals surface area (Å²) in [6.45, 7) is 2.91. The summed E-state index contributed by atoms with van der Waals surface area (Å²) in [6, 6.07) is 15.2. The first-order chi connectivity index (χ1) is 11.8. The van der Waals surface area contributed by atoms with Crippen molar-refractivity contribution < 1.29 is 17.9 Å². The molecule has 0 saturated heterocycles. The Kier molecular flexibility index (Phi) is 4.30. The first kappa shape index (κ1) is 17.1. The van der Waals surface area contributed by atoms with Crippen molar-refractivity contribution >= 4 is 27.8 Å². The van der Waals surface area contributed by atoms with Crippen LogP contribution in [-0.2, 0) is 19.6 Å². The van der Waals surface area contributed by atoms with Gasteiger partial charge in [-0.05, 0) is 30.7 Å². The molecule has 6 heteroatoms. The zero-order valence-corrected chi connectivity index (χ0v) is 14.7. The van der Waals surface area contributed by atoms with Gasteiger partial charge in [0, 0.05) is 12.5 Å². The summed E-state index contributed by atoms with van der Waals surface area (Å²) in [7, 11) is -3.95. The summed E-state index contributed by atoms with van der Waals surface area (Å²) in [4.78, 5) is 11.6. The van der Waals surface area contributed by atoms with E-state index in [4.69, 9.17) is 4.74 Å². The second-order valence-corrected chi connectivity index (χ2v) is 7.45. The molecule has 3 rings (SSSR count). The van der Waals surface area contributed by atoms with Crippen LogP contribution in [0.4, 0.5) is 0 Å². The van der Waals surface area contributed by atoms with E-state index in [0.717, 1.165) is 5.56 Å². The Hall–Kier alpha value is -2.73. The van der Waals surface area contributed by atoms with Crippen molar-refractivity contribution in [2.45, 2.75) is 24.3 Å². The minimum atomic E-state index is -3.95. The summed E-state index contributed by atoms with van der Waals surface area (Å²) in [5, 5.41) is 0. The molecule has 1 atom stereocenters. The van der Waals surface area contributed by atoms with Crippen LogP contribution in [0.5, 0.6) is 0 Å². The number of ether oxygens (including phenoxy) is 1. The lowest BCUT2D eigenvalue weighted by Gasteiger charge is -2.31. The molecule has 0 bridgehead atoms. The average Bonchev–Trinajstić information content (AvgIpc) is 2.58. The predicted octanol–water partition coefficient (Wildman–Crippen LogP) is 3.21. The van der Waals surface area contributed by atoms with E-state index in [2.05, 4.69) is 4.40 Å². The fourth-order valence-corrected chi connectivity index (χ4v) is 3.87. The van der Waals surface area contributed by atoms with E-state index in [-0.39, 0.29) is 10.6 Å². The highest BCUT2D eigenvalue weighted by atomic mass is 32.2. The van der Waals surface area contributed by atoms with Crippen LogP contribution < -0.4 is 0 Å². The second kappa shape index (κ2) is 6.29. The van der Waals surface area contributed by atoms with Crippen LogP contribution in [-0.4, -0.2) is 25.7 Å². The van der Waals surface area contributed by atoms with E-state index in [1.54, 1.807) is 49.4 Å². The minimum absolute atomic E-state index is 0.0831. The number of hydrogen-bond acceptors (Lipinski definition) is 4. The average molecular weight is 355 g/mol. The van der Waals surface area contributed by atoms with E-state index in [0.29, 0.717) is 5.56 Å². The Morgan fingerprint density at radius 3 is 2.36 bits per heavy atom. The molecule has 0 saturated carbocycles. The molecule has 0 heterocycles. The number of benzene rings is 2. The number of rotatable bonds is 3. The van der Waals surface area contributed by atoms with E-state index in [1.165, 1.54) is 19.1 Å². The number of hydrogen-bond donors (Lipinski definition) is 0. The fourth-order valence-electron chi connectivity index (χ4n) is 2.74. The standard InChI is InChI=1S/C19H17NO4S/c1-14(21)24-19(2)13-12-15-8-6-7-11-17(15)18(19)20-25(22,23)16-9-4-3-5-10-16/h3-13H,1-2H3/b20-18-. The van der Waals surface area contributed by atoms with Gasteiger partial charge in [0.15, 0.2) is 5.60 Å². The van der Waals surface area contributed by atoms with Gasteiger partial charge in [0.25, 0.3) is 10.0 Å². The van der Waals surface area contributed by atoms with Gasteiger partial charge in [-0.15, -0.1) is 0 Å². The van der Waals surface area contributed by atoms with Gasteiger partial charge in [0.2, 0.25) is 0 Å². The lowest BCUT2D eigenvalue weighted by molar-refractivity contribution is -0.146. The number of nitrogens with zero attached hydrogens (tertiary/aromatic N) is 1. The molecule has 0 aliphatic heterocycles. The van der Waals surface area contributed by atoms with Crippen molar-refractivity contribution in [1.82, 2.24) is 0 Å². The maximum Gasteiger partial charge on any atom is 0.303 e. The molecule has 0 amide bonds. The van der Waals surface area contributed by atoms with Gasteiger partial charge >= 0.3 is 5.97 Å². The van der Waals surface area contributed by atoms with Crippen molar-refractivity contribution in [3.63, 3.8) is 0 Å². The summed E-state index contributed by atoms with van der Waals surface area (Å²) >= 11 is 0. The number of esters is 1. The SMILES string of the molecule is CC(=O)OC1(C)C=Cc2ccccc2/C1=N/S(=O)(=O)c1ccccc1. The van der Waals surface area contributed by atoms with Crippen molar-refractivity contribution in [2.75, 3.05) is 0 Å². The fraction of sp³-hybridized carbons (Fsp3) is 0.158. The minimum Gasteiger partial charge on any atom is -0.449 e.